The Labute approximate surface area is 220 Å². The van der Waals surface area contributed by atoms with Crippen LogP contribution in [0.2, 0.25) is 0 Å². The van der Waals surface area contributed by atoms with E-state index in [2.05, 4.69) is 20.9 Å². The van der Waals surface area contributed by atoms with Crippen LogP contribution in [0.25, 0.3) is 0 Å². The lowest BCUT2D eigenvalue weighted by atomic mass is 10.0. The van der Waals surface area contributed by atoms with Gasteiger partial charge in [0.15, 0.2) is 6.10 Å². The summed E-state index contributed by atoms with van der Waals surface area (Å²) < 4.78 is 5.99. The van der Waals surface area contributed by atoms with Crippen LogP contribution in [0.4, 0.5) is 0 Å². The van der Waals surface area contributed by atoms with Crippen molar-refractivity contribution in [2.45, 2.75) is 37.6 Å². The van der Waals surface area contributed by atoms with Crippen molar-refractivity contribution in [2.24, 2.45) is 0 Å². The standard InChI is InChI=1S/C26H32N6O6/c1-16-23(34)28-12-18-13-32(26(37)19-9-6-10-27-19)14-21(38-18)24(35)30-20(11-17-7-4-3-5-8-17)25(36)31(2)15-22(33)29-16/h3-10,16,18,20-21,27H,11-15H2,1-2H3,(H,28,34)(H,29,33)(H,30,35)/t16-,18+,20-,21-/m1/s1. The van der Waals surface area contributed by atoms with Crippen LogP contribution in [0, 0.1) is 0 Å². The summed E-state index contributed by atoms with van der Waals surface area (Å²) in [5, 5.41) is 8.07. The summed E-state index contributed by atoms with van der Waals surface area (Å²) in [6, 6.07) is 10.7. The van der Waals surface area contributed by atoms with Crippen molar-refractivity contribution in [3.63, 3.8) is 0 Å². The van der Waals surface area contributed by atoms with Gasteiger partial charge in [-0.05, 0) is 24.6 Å². The fourth-order valence-corrected chi connectivity index (χ4v) is 4.49. The molecule has 0 aliphatic carbocycles. The van der Waals surface area contributed by atoms with Crippen LogP contribution in [-0.2, 0) is 30.3 Å². The van der Waals surface area contributed by atoms with Crippen molar-refractivity contribution in [3.8, 4) is 0 Å². The number of amides is 5. The molecule has 2 bridgehead atoms. The highest BCUT2D eigenvalue weighted by Crippen LogP contribution is 2.16. The zero-order chi connectivity index (χ0) is 27.2. The third-order valence-corrected chi connectivity index (χ3v) is 6.50. The van der Waals surface area contributed by atoms with Gasteiger partial charge in [0.2, 0.25) is 17.7 Å². The summed E-state index contributed by atoms with van der Waals surface area (Å²) in [5.74, 6) is -2.33. The highest BCUT2D eigenvalue weighted by molar-refractivity contribution is 5.95. The average molecular weight is 525 g/mol. The summed E-state index contributed by atoms with van der Waals surface area (Å²) in [5.41, 5.74) is 1.17. The van der Waals surface area contributed by atoms with Crippen LogP contribution in [0.15, 0.2) is 48.7 Å². The van der Waals surface area contributed by atoms with E-state index in [1.807, 2.05) is 30.3 Å². The van der Waals surface area contributed by atoms with Crippen LogP contribution in [0.1, 0.15) is 23.0 Å². The molecule has 2 saturated heterocycles. The van der Waals surface area contributed by atoms with Crippen molar-refractivity contribution in [3.05, 3.63) is 59.9 Å². The first-order valence-corrected chi connectivity index (χ1v) is 12.5. The second kappa shape index (κ2) is 11.9. The first-order valence-electron chi connectivity index (χ1n) is 12.5. The van der Waals surface area contributed by atoms with Crippen LogP contribution in [0.3, 0.4) is 0 Å². The number of ether oxygens (including phenoxy) is 1. The van der Waals surface area contributed by atoms with Crippen LogP contribution in [0.5, 0.6) is 0 Å². The number of nitrogens with one attached hydrogen (secondary N) is 4. The topological polar surface area (TPSA) is 153 Å². The van der Waals surface area contributed by atoms with Crippen LogP contribution in [-0.4, -0.2) is 102 Å². The monoisotopic (exact) mass is 524 g/mol. The molecule has 0 spiro atoms. The van der Waals surface area contributed by atoms with Gasteiger partial charge in [-0.25, -0.2) is 0 Å². The lowest BCUT2D eigenvalue weighted by Gasteiger charge is -2.38. The molecule has 12 heteroatoms. The Hall–Kier alpha value is -4.19. The molecule has 0 saturated carbocycles. The number of aromatic amines is 1. The summed E-state index contributed by atoms with van der Waals surface area (Å²) >= 11 is 0. The lowest BCUT2D eigenvalue weighted by Crippen LogP contribution is -2.59. The van der Waals surface area contributed by atoms with Gasteiger partial charge in [-0.1, -0.05) is 30.3 Å². The van der Waals surface area contributed by atoms with Crippen LogP contribution >= 0.6 is 0 Å². The molecule has 38 heavy (non-hydrogen) atoms. The van der Waals surface area contributed by atoms with Gasteiger partial charge in [0.25, 0.3) is 11.8 Å². The molecule has 2 aromatic rings. The fraction of sp³-hybridized carbons (Fsp3) is 0.423. The normalized spacial score (nSPS) is 25.5. The molecular formula is C26H32N6O6. The molecule has 4 atom stereocenters. The number of hydrogen-bond acceptors (Lipinski definition) is 6. The minimum Gasteiger partial charge on any atom is -0.360 e. The maximum absolute atomic E-state index is 13.4. The van der Waals surface area contributed by atoms with Crippen molar-refractivity contribution in [2.75, 3.05) is 33.2 Å². The number of benzene rings is 1. The Kier molecular flexibility index (Phi) is 8.41. The summed E-state index contributed by atoms with van der Waals surface area (Å²) in [7, 11) is 1.46. The molecule has 5 amide bonds. The molecule has 4 N–H and O–H groups in total. The van der Waals surface area contributed by atoms with Gasteiger partial charge in [-0.3, -0.25) is 24.0 Å². The lowest BCUT2D eigenvalue weighted by molar-refractivity contribution is -0.148. The highest BCUT2D eigenvalue weighted by Gasteiger charge is 2.37. The Morgan fingerprint density at radius 2 is 1.76 bits per heavy atom. The minimum atomic E-state index is -1.08. The van der Waals surface area contributed by atoms with E-state index in [9.17, 15) is 24.0 Å². The third kappa shape index (κ3) is 6.57. The molecule has 3 heterocycles. The predicted molar refractivity (Wildman–Crippen MR) is 136 cm³/mol. The number of likely N-dealkylation sites (N-methyl/N-ethyl adjacent to an activating group) is 1. The third-order valence-electron chi connectivity index (χ3n) is 6.50. The summed E-state index contributed by atoms with van der Waals surface area (Å²) in [6.07, 6.45) is 0.0440. The smallest absolute Gasteiger partial charge is 0.270 e. The second-order valence-electron chi connectivity index (χ2n) is 9.52. The number of hydrogen-bond donors (Lipinski definition) is 4. The van der Waals surface area contributed by atoms with E-state index in [0.717, 1.165) is 5.56 Å². The number of fused-ring (bicyclic) bond motifs is 2. The first-order chi connectivity index (χ1) is 18.2. The summed E-state index contributed by atoms with van der Waals surface area (Å²) in [6.45, 7) is 1.36. The SMILES string of the molecule is C[C@H]1NC(=O)CN(C)C(=O)[C@@H](Cc2ccccc2)NC(=O)[C@H]2CN(C(=O)c3ccc[nH]3)C[C@H](CNC1=O)O2. The maximum atomic E-state index is 13.4. The van der Waals surface area contributed by atoms with E-state index >= 15 is 0 Å². The predicted octanol–water partition coefficient (Wildman–Crippen LogP) is -0.955. The largest absolute Gasteiger partial charge is 0.360 e. The molecule has 2 aliphatic rings. The fourth-order valence-electron chi connectivity index (χ4n) is 4.49. The van der Waals surface area contributed by atoms with E-state index < -0.39 is 47.9 Å². The molecule has 1 aromatic carbocycles. The highest BCUT2D eigenvalue weighted by atomic mass is 16.5. The number of H-pyrrole nitrogens is 1. The minimum absolute atomic E-state index is 0.0175. The van der Waals surface area contributed by atoms with Crippen molar-refractivity contribution in [1.29, 1.82) is 0 Å². The summed E-state index contributed by atoms with van der Waals surface area (Å²) in [4.78, 5) is 70.6. The first kappa shape index (κ1) is 26.9. The molecule has 202 valence electrons. The zero-order valence-electron chi connectivity index (χ0n) is 21.3. The van der Waals surface area contributed by atoms with Crippen LogP contribution < -0.4 is 16.0 Å². The molecule has 12 nitrogen and oxygen atoms in total. The molecule has 2 aliphatic heterocycles. The molecule has 2 fully saturated rings. The second-order valence-corrected chi connectivity index (χ2v) is 9.52. The van der Waals surface area contributed by atoms with Gasteiger partial charge in [-0.2, -0.15) is 0 Å². The number of morpholine rings is 1. The van der Waals surface area contributed by atoms with E-state index in [0.29, 0.717) is 5.69 Å². The van der Waals surface area contributed by atoms with Gasteiger partial charge in [0, 0.05) is 32.8 Å². The van der Waals surface area contributed by atoms with E-state index in [1.165, 1.54) is 23.8 Å². The van der Waals surface area contributed by atoms with Gasteiger partial charge in [0.05, 0.1) is 19.2 Å². The van der Waals surface area contributed by atoms with Crippen molar-refractivity contribution >= 4 is 29.5 Å². The zero-order valence-corrected chi connectivity index (χ0v) is 21.3. The Bertz CT molecular complexity index is 1170. The van der Waals surface area contributed by atoms with E-state index in [-0.39, 0.29) is 38.5 Å². The van der Waals surface area contributed by atoms with Crippen molar-refractivity contribution < 1.29 is 28.7 Å². The number of nitrogens with zero attached hydrogens (tertiary/aromatic N) is 2. The number of rotatable bonds is 3. The molecule has 1 aromatic heterocycles. The quantitative estimate of drug-likeness (QED) is 0.406. The van der Waals surface area contributed by atoms with E-state index in [1.54, 1.807) is 18.3 Å². The Morgan fingerprint density at radius 1 is 1.00 bits per heavy atom. The van der Waals surface area contributed by atoms with Gasteiger partial charge >= 0.3 is 0 Å². The molecule has 0 radical (unpaired) electrons. The number of aromatic nitrogens is 1. The maximum Gasteiger partial charge on any atom is 0.270 e. The van der Waals surface area contributed by atoms with Gasteiger partial charge in [-0.15, -0.1) is 0 Å². The van der Waals surface area contributed by atoms with Gasteiger partial charge < -0.3 is 35.5 Å². The van der Waals surface area contributed by atoms with Gasteiger partial charge in [0.1, 0.15) is 17.8 Å². The van der Waals surface area contributed by atoms with Crippen molar-refractivity contribution in [1.82, 2.24) is 30.7 Å². The number of carbonyl (C=O) groups excluding carboxylic acids is 5. The Balaban J connectivity index is 1.62. The molecule has 0 unspecified atom stereocenters. The van der Waals surface area contributed by atoms with E-state index in [4.69, 9.17) is 4.74 Å². The number of carbonyl (C=O) groups is 5. The molecular weight excluding hydrogens is 492 g/mol. The average Bonchev–Trinajstić information content (AvgIpc) is 3.45. The Morgan fingerprint density at radius 3 is 2.47 bits per heavy atom. The molecule has 4 rings (SSSR count).